The summed E-state index contributed by atoms with van der Waals surface area (Å²) in [6, 6.07) is 9.23. The Balaban J connectivity index is 1.63. The van der Waals surface area contributed by atoms with Crippen molar-refractivity contribution >= 4 is 85.1 Å². The van der Waals surface area contributed by atoms with Gasteiger partial charge in [0, 0.05) is 86.7 Å². The summed E-state index contributed by atoms with van der Waals surface area (Å²) in [4.78, 5) is 9.65. The van der Waals surface area contributed by atoms with Crippen molar-refractivity contribution in [2.24, 2.45) is 0 Å². The van der Waals surface area contributed by atoms with Gasteiger partial charge in [-0.2, -0.15) is 4.58 Å². The fourth-order valence-corrected chi connectivity index (χ4v) is 12.0. The van der Waals surface area contributed by atoms with Crippen LogP contribution in [-0.2, 0) is 65.6 Å². The van der Waals surface area contributed by atoms with E-state index in [1.54, 1.807) is 30.4 Å². The number of carbonyl (C=O) groups is 1. The van der Waals surface area contributed by atoms with Crippen LogP contribution in [0.2, 0.25) is 0 Å². The molecule has 22 heteroatoms. The Morgan fingerprint density at radius 1 is 0.708 bits per heavy atom. The van der Waals surface area contributed by atoms with Crippen LogP contribution < -0.4 is 4.90 Å². The minimum atomic E-state index is -5.32. The first-order valence-electron chi connectivity index (χ1n) is 20.3. The number of rotatable bonds is 19. The normalized spacial score (nSPS) is 19.9. The van der Waals surface area contributed by atoms with Crippen molar-refractivity contribution in [1.82, 2.24) is 0 Å². The summed E-state index contributed by atoms with van der Waals surface area (Å²) < 4.78 is 163. The summed E-state index contributed by atoms with van der Waals surface area (Å²) in [6.45, 7) is 6.44. The van der Waals surface area contributed by atoms with Crippen LogP contribution in [-0.4, -0.2) is 114 Å². The number of carboxylic acids is 1. The molecule has 65 heavy (non-hydrogen) atoms. The summed E-state index contributed by atoms with van der Waals surface area (Å²) in [5, 5.41) is 9.17. The molecule has 0 radical (unpaired) electrons. The standard InChI is InChI=1S/C43H50N2O16S4/c1-6-44-33-16-14-29-31(23-27(62(48,49)50)25-35(29)64(54,55)56)40(33)42(2,18-21-60-4)37(44)11-10-12-38-43(3,19-22-61-5)41-32-24-28(63(51,52)53)26-36(65(57,58)59)30(32)15-17-34(41)45(38)20-9-7-8-13-39(46)47/h10-12,14-17,23-26H,6-9,13,18-22H2,1-5H3,(H4-,46,47,48,49,50,51,52,53,54,55,56,57,58,59)/p-3. The molecule has 0 spiro atoms. The first-order valence-corrected chi connectivity index (χ1v) is 25.9. The van der Waals surface area contributed by atoms with E-state index in [1.807, 2.05) is 30.2 Å². The quantitative estimate of drug-likeness (QED) is 0.0741. The second-order valence-corrected chi connectivity index (χ2v) is 21.8. The van der Waals surface area contributed by atoms with Gasteiger partial charge in [-0.15, -0.1) is 0 Å². The zero-order chi connectivity index (χ0) is 48.1. The molecule has 0 fully saturated rings. The lowest BCUT2D eigenvalue weighted by molar-refractivity contribution is -0.438. The number of methoxy groups -OCH3 is 2. The highest BCUT2D eigenvalue weighted by molar-refractivity contribution is 7.87. The van der Waals surface area contributed by atoms with E-state index in [9.17, 15) is 61.8 Å². The average Bonchev–Trinajstić information content (AvgIpc) is 3.60. The Morgan fingerprint density at radius 3 is 1.72 bits per heavy atom. The third kappa shape index (κ3) is 9.51. The van der Waals surface area contributed by atoms with Gasteiger partial charge in [0.25, 0.3) is 0 Å². The zero-order valence-electron chi connectivity index (χ0n) is 36.0. The molecule has 2 aliphatic rings. The van der Waals surface area contributed by atoms with Crippen LogP contribution in [0.1, 0.15) is 70.4 Å². The number of allylic oxidation sites excluding steroid dienone is 4. The number of likely N-dealkylation sites (N-methyl/N-ethyl adjacent to an activating group) is 1. The van der Waals surface area contributed by atoms with Crippen molar-refractivity contribution in [1.29, 1.82) is 0 Å². The van der Waals surface area contributed by atoms with Gasteiger partial charge in [-0.25, -0.2) is 33.7 Å². The highest BCUT2D eigenvalue weighted by Crippen LogP contribution is 2.54. The van der Waals surface area contributed by atoms with Gasteiger partial charge in [-0.3, -0.25) is 4.79 Å². The third-order valence-electron chi connectivity index (χ3n) is 12.3. The molecule has 2 unspecified atom stereocenters. The SMILES string of the molecule is CCN1/C(=C/C=C/C2=[N+](CCCCCC(=O)O)c3ccc4c(S(=O)(=O)[O-])cc(S(=O)(=O)[O-])cc4c3C2(C)CCOC)C(C)(CCOC)c2c1ccc1c(S(=O)(=O)[O-])cc(S(=O)(=O)[O-])cc21. The Kier molecular flexibility index (Phi) is 14.0. The number of carboxylic acid groups (broad SMARTS) is 1. The van der Waals surface area contributed by atoms with E-state index in [4.69, 9.17) is 9.47 Å². The molecule has 0 amide bonds. The molecule has 352 valence electrons. The maximum atomic E-state index is 12.6. The van der Waals surface area contributed by atoms with Crippen LogP contribution in [0, 0.1) is 0 Å². The molecule has 0 saturated carbocycles. The molecule has 1 N–H and O–H groups in total. The van der Waals surface area contributed by atoms with E-state index < -0.39 is 76.9 Å². The second kappa shape index (κ2) is 18.2. The van der Waals surface area contributed by atoms with Gasteiger partial charge < -0.3 is 37.7 Å². The number of unbranched alkanes of at least 4 members (excludes halogenated alkanes) is 2. The third-order valence-corrected chi connectivity index (χ3v) is 15.7. The number of aliphatic carboxylic acids is 1. The first-order chi connectivity index (χ1) is 30.2. The molecule has 0 aromatic heterocycles. The molecule has 2 aliphatic heterocycles. The Hall–Kier alpha value is -4.62. The lowest BCUT2D eigenvalue weighted by Gasteiger charge is -2.30. The average molecular weight is 976 g/mol. The van der Waals surface area contributed by atoms with Crippen molar-refractivity contribution in [2.75, 3.05) is 45.4 Å². The van der Waals surface area contributed by atoms with Gasteiger partial charge in [0.15, 0.2) is 5.71 Å². The number of anilines is 1. The molecule has 6 rings (SSSR count). The summed E-state index contributed by atoms with van der Waals surface area (Å²) in [7, 11) is -18.2. The maximum Gasteiger partial charge on any atom is 0.303 e. The highest BCUT2D eigenvalue weighted by Gasteiger charge is 2.49. The van der Waals surface area contributed by atoms with Gasteiger partial charge in [-0.1, -0.05) is 12.1 Å². The van der Waals surface area contributed by atoms with E-state index in [0.29, 0.717) is 78.4 Å². The van der Waals surface area contributed by atoms with Gasteiger partial charge in [0.05, 0.1) is 25.0 Å². The predicted octanol–water partition coefficient (Wildman–Crippen LogP) is 4.92. The smallest absolute Gasteiger partial charge is 0.303 e. The summed E-state index contributed by atoms with van der Waals surface area (Å²) in [6.07, 6.45) is 7.07. The maximum absolute atomic E-state index is 12.6. The molecule has 2 atom stereocenters. The largest absolute Gasteiger partial charge is 0.744 e. The Bertz CT molecular complexity index is 3160. The highest BCUT2D eigenvalue weighted by atomic mass is 32.2. The molecule has 0 saturated heterocycles. The number of fused-ring (bicyclic) bond motifs is 6. The molecule has 4 aromatic carbocycles. The number of hydrogen-bond acceptors (Lipinski definition) is 16. The van der Waals surface area contributed by atoms with E-state index in [0.717, 1.165) is 12.1 Å². The summed E-state index contributed by atoms with van der Waals surface area (Å²) >= 11 is 0. The molecule has 4 aromatic rings. The monoisotopic (exact) mass is 975 g/mol. The minimum Gasteiger partial charge on any atom is -0.744 e. The fraction of sp³-hybridized carbons (Fsp3) is 0.395. The van der Waals surface area contributed by atoms with Crippen LogP contribution >= 0.6 is 0 Å². The lowest BCUT2D eigenvalue weighted by atomic mass is 9.74. The van der Waals surface area contributed by atoms with Crippen molar-refractivity contribution in [3.8, 4) is 0 Å². The lowest BCUT2D eigenvalue weighted by Crippen LogP contribution is -2.33. The van der Waals surface area contributed by atoms with Crippen LogP contribution in [0.25, 0.3) is 21.5 Å². The number of ether oxygens (including phenoxy) is 2. The van der Waals surface area contributed by atoms with Crippen LogP contribution in [0.5, 0.6) is 0 Å². The van der Waals surface area contributed by atoms with Gasteiger partial charge in [-0.05, 0) is 111 Å². The van der Waals surface area contributed by atoms with Crippen LogP contribution in [0.15, 0.2) is 92.0 Å². The van der Waals surface area contributed by atoms with Crippen LogP contribution in [0.3, 0.4) is 0 Å². The van der Waals surface area contributed by atoms with Crippen molar-refractivity contribution < 1.29 is 75.8 Å². The van der Waals surface area contributed by atoms with E-state index in [1.165, 1.54) is 26.4 Å². The van der Waals surface area contributed by atoms with Gasteiger partial charge in [0.2, 0.25) is 5.69 Å². The van der Waals surface area contributed by atoms with Gasteiger partial charge >= 0.3 is 5.97 Å². The fourth-order valence-electron chi connectivity index (χ4n) is 9.35. The van der Waals surface area contributed by atoms with Crippen molar-refractivity contribution in [3.05, 3.63) is 83.6 Å². The molecular weight excluding hydrogens is 929 g/mol. The minimum absolute atomic E-state index is 0.0337. The second-order valence-electron chi connectivity index (χ2n) is 16.3. The molecule has 18 nitrogen and oxygen atoms in total. The van der Waals surface area contributed by atoms with Crippen molar-refractivity contribution in [2.45, 2.75) is 89.7 Å². The van der Waals surface area contributed by atoms with Crippen LogP contribution in [0.4, 0.5) is 11.4 Å². The predicted molar refractivity (Wildman–Crippen MR) is 234 cm³/mol. The molecule has 2 heterocycles. The number of nitrogens with zero attached hydrogens (tertiary/aromatic N) is 2. The summed E-state index contributed by atoms with van der Waals surface area (Å²) in [5.74, 6) is -0.959. The molecular formula is C43H47N2O16S4-3. The number of hydrogen-bond donors (Lipinski definition) is 1. The van der Waals surface area contributed by atoms with Gasteiger partial charge in [0.1, 0.15) is 47.0 Å². The molecule has 0 bridgehead atoms. The zero-order valence-corrected chi connectivity index (χ0v) is 39.3. The van der Waals surface area contributed by atoms with Crippen molar-refractivity contribution in [3.63, 3.8) is 0 Å². The first kappa shape index (κ1) is 49.8. The molecule has 0 aliphatic carbocycles. The van der Waals surface area contributed by atoms with E-state index in [2.05, 4.69) is 0 Å². The summed E-state index contributed by atoms with van der Waals surface area (Å²) in [5.41, 5.74) is 0.927. The Labute approximate surface area is 377 Å². The topological polar surface area (TPSA) is 291 Å². The number of benzene rings is 4. The van der Waals surface area contributed by atoms with E-state index in [-0.39, 0.29) is 54.0 Å². The van der Waals surface area contributed by atoms with E-state index >= 15 is 0 Å². The Morgan fingerprint density at radius 2 is 1.23 bits per heavy atom.